The molecule has 1 fully saturated rings. The van der Waals surface area contributed by atoms with E-state index in [1.165, 1.54) is 11.4 Å². The van der Waals surface area contributed by atoms with E-state index in [2.05, 4.69) is 64.8 Å². The number of nitrogens with one attached hydrogen (secondary N) is 1. The second-order valence-electron chi connectivity index (χ2n) is 6.61. The van der Waals surface area contributed by atoms with Gasteiger partial charge in [-0.3, -0.25) is 9.47 Å². The Morgan fingerprint density at radius 2 is 2.12 bits per heavy atom. The average Bonchev–Trinajstić information content (AvgIpc) is 2.96. The minimum Gasteiger partial charge on any atom is -0.379 e. The number of hydrogen-bond acceptors (Lipinski definition) is 4. The van der Waals surface area contributed by atoms with Crippen LogP contribution in [-0.4, -0.2) is 52.8 Å². The third-order valence-corrected chi connectivity index (χ3v) is 4.76. The van der Waals surface area contributed by atoms with Crippen molar-refractivity contribution in [2.24, 2.45) is 0 Å². The Morgan fingerprint density at radius 3 is 2.88 bits per heavy atom. The normalized spacial score (nSPS) is 20.2. The third kappa shape index (κ3) is 3.86. The van der Waals surface area contributed by atoms with E-state index in [9.17, 15) is 0 Å². The number of aromatic nitrogens is 2. The maximum Gasteiger partial charge on any atom is 0.110 e. The molecule has 1 aliphatic heterocycles. The van der Waals surface area contributed by atoms with E-state index < -0.39 is 0 Å². The molecule has 0 amide bonds. The minimum absolute atomic E-state index is 0.493. The Labute approximate surface area is 144 Å². The highest BCUT2D eigenvalue weighted by Crippen LogP contribution is 2.15. The van der Waals surface area contributed by atoms with Gasteiger partial charge in [-0.2, -0.15) is 0 Å². The highest BCUT2D eigenvalue weighted by molar-refractivity contribution is 5.35. The van der Waals surface area contributed by atoms with Gasteiger partial charge in [0.05, 0.1) is 25.1 Å². The van der Waals surface area contributed by atoms with Gasteiger partial charge in [-0.15, -0.1) is 0 Å². The zero-order valence-electron chi connectivity index (χ0n) is 14.9. The zero-order valence-corrected chi connectivity index (χ0v) is 14.9. The molecule has 0 saturated carbocycles. The van der Waals surface area contributed by atoms with Gasteiger partial charge in [0.1, 0.15) is 5.82 Å². The van der Waals surface area contributed by atoms with Crippen molar-refractivity contribution in [1.82, 2.24) is 19.8 Å². The van der Waals surface area contributed by atoms with Crippen LogP contribution in [0, 0.1) is 6.92 Å². The summed E-state index contributed by atoms with van der Waals surface area (Å²) in [4.78, 5) is 7.01. The number of morpholine rings is 1. The van der Waals surface area contributed by atoms with Gasteiger partial charge in [-0.1, -0.05) is 18.2 Å². The van der Waals surface area contributed by atoms with Crippen molar-refractivity contribution < 1.29 is 4.74 Å². The van der Waals surface area contributed by atoms with Crippen LogP contribution in [0.5, 0.6) is 0 Å². The number of rotatable bonds is 6. The van der Waals surface area contributed by atoms with Crippen molar-refractivity contribution in [3.8, 4) is 5.69 Å². The Hall–Kier alpha value is -1.69. The predicted molar refractivity (Wildman–Crippen MR) is 96.5 cm³/mol. The molecule has 24 heavy (non-hydrogen) atoms. The van der Waals surface area contributed by atoms with Crippen molar-refractivity contribution in [3.05, 3.63) is 48.0 Å². The quantitative estimate of drug-likeness (QED) is 0.884. The topological polar surface area (TPSA) is 42.3 Å². The van der Waals surface area contributed by atoms with Gasteiger partial charge < -0.3 is 10.1 Å². The molecule has 5 heteroatoms. The van der Waals surface area contributed by atoms with Crippen LogP contribution in [0.4, 0.5) is 0 Å². The van der Waals surface area contributed by atoms with Gasteiger partial charge in [0.15, 0.2) is 0 Å². The summed E-state index contributed by atoms with van der Waals surface area (Å²) in [6, 6.07) is 11.4. The first-order valence-electron chi connectivity index (χ1n) is 8.79. The van der Waals surface area contributed by atoms with Crippen LogP contribution < -0.4 is 5.32 Å². The lowest BCUT2D eigenvalue weighted by molar-refractivity contribution is -0.0181. The SMILES string of the molecule is Cc1ncc(CNC[C@@H](C)N2CCOC[C@@H]2C)n1-c1ccccc1. The van der Waals surface area contributed by atoms with Crippen molar-refractivity contribution in [1.29, 1.82) is 0 Å². The molecule has 5 nitrogen and oxygen atoms in total. The second kappa shape index (κ2) is 7.92. The molecule has 0 spiro atoms. The first kappa shape index (κ1) is 17.1. The second-order valence-corrected chi connectivity index (χ2v) is 6.61. The van der Waals surface area contributed by atoms with Gasteiger partial charge in [0, 0.05) is 37.4 Å². The van der Waals surface area contributed by atoms with Crippen LogP contribution in [0.3, 0.4) is 0 Å². The zero-order chi connectivity index (χ0) is 16.9. The fourth-order valence-electron chi connectivity index (χ4n) is 3.47. The summed E-state index contributed by atoms with van der Waals surface area (Å²) in [5.74, 6) is 1.02. The highest BCUT2D eigenvalue weighted by atomic mass is 16.5. The van der Waals surface area contributed by atoms with E-state index >= 15 is 0 Å². The molecule has 0 bridgehead atoms. The summed E-state index contributed by atoms with van der Waals surface area (Å²) in [6.45, 7) is 11.1. The molecule has 2 aromatic rings. The van der Waals surface area contributed by atoms with Crippen LogP contribution in [0.25, 0.3) is 5.69 Å². The van der Waals surface area contributed by atoms with Crippen molar-refractivity contribution in [2.45, 2.75) is 39.4 Å². The molecule has 1 saturated heterocycles. The fraction of sp³-hybridized carbons (Fsp3) is 0.526. The average molecular weight is 328 g/mol. The van der Waals surface area contributed by atoms with Crippen molar-refractivity contribution in [3.63, 3.8) is 0 Å². The molecule has 0 radical (unpaired) electrons. The maximum atomic E-state index is 5.53. The maximum absolute atomic E-state index is 5.53. The predicted octanol–water partition coefficient (Wildman–Crippen LogP) is 2.38. The Bertz CT molecular complexity index is 640. The fourth-order valence-corrected chi connectivity index (χ4v) is 3.47. The summed E-state index contributed by atoms with van der Waals surface area (Å²) in [5.41, 5.74) is 2.36. The van der Waals surface area contributed by atoms with Crippen molar-refractivity contribution in [2.75, 3.05) is 26.3 Å². The van der Waals surface area contributed by atoms with E-state index in [-0.39, 0.29) is 0 Å². The van der Waals surface area contributed by atoms with E-state index in [1.807, 2.05) is 12.3 Å². The standard InChI is InChI=1S/C19H28N4O/c1-15(22-9-10-24-14-16(22)2)11-20-12-19-13-21-17(3)23(19)18-7-5-4-6-8-18/h4-8,13,15-16,20H,9-12,14H2,1-3H3/t15-,16+/m1/s1. The Kier molecular flexibility index (Phi) is 5.66. The lowest BCUT2D eigenvalue weighted by atomic mass is 10.2. The molecule has 1 aromatic heterocycles. The Morgan fingerprint density at radius 1 is 1.33 bits per heavy atom. The summed E-state index contributed by atoms with van der Waals surface area (Å²) in [6.07, 6.45) is 1.97. The molecular weight excluding hydrogens is 300 g/mol. The number of ether oxygens (including phenoxy) is 1. The van der Waals surface area contributed by atoms with Gasteiger partial charge in [-0.25, -0.2) is 4.98 Å². The summed E-state index contributed by atoms with van der Waals surface area (Å²) in [5, 5.41) is 3.60. The molecule has 3 rings (SSSR count). The summed E-state index contributed by atoms with van der Waals surface area (Å²) in [7, 11) is 0. The number of hydrogen-bond donors (Lipinski definition) is 1. The van der Waals surface area contributed by atoms with Gasteiger partial charge >= 0.3 is 0 Å². The smallest absolute Gasteiger partial charge is 0.110 e. The number of para-hydroxylation sites is 1. The first-order chi connectivity index (χ1) is 11.7. The molecule has 130 valence electrons. The monoisotopic (exact) mass is 328 g/mol. The van der Waals surface area contributed by atoms with Crippen molar-refractivity contribution >= 4 is 0 Å². The molecule has 2 heterocycles. The van der Waals surface area contributed by atoms with E-state index in [0.717, 1.165) is 38.7 Å². The molecular formula is C19H28N4O. The van der Waals surface area contributed by atoms with Gasteiger partial charge in [0.25, 0.3) is 0 Å². The minimum atomic E-state index is 0.493. The molecule has 0 aliphatic carbocycles. The van der Waals surface area contributed by atoms with Crippen LogP contribution >= 0.6 is 0 Å². The van der Waals surface area contributed by atoms with Crippen LogP contribution in [0.1, 0.15) is 25.4 Å². The van der Waals surface area contributed by atoms with E-state index in [0.29, 0.717) is 12.1 Å². The van der Waals surface area contributed by atoms with Crippen LogP contribution in [-0.2, 0) is 11.3 Å². The molecule has 1 N–H and O–H groups in total. The molecule has 0 unspecified atom stereocenters. The van der Waals surface area contributed by atoms with Gasteiger partial charge in [0.2, 0.25) is 0 Å². The lowest BCUT2D eigenvalue weighted by Crippen LogP contribution is -2.51. The van der Waals surface area contributed by atoms with Crippen LogP contribution in [0.15, 0.2) is 36.5 Å². The van der Waals surface area contributed by atoms with E-state index in [4.69, 9.17) is 4.74 Å². The van der Waals surface area contributed by atoms with Crippen LogP contribution in [0.2, 0.25) is 0 Å². The first-order valence-corrected chi connectivity index (χ1v) is 8.79. The number of benzene rings is 1. The number of imidazole rings is 1. The third-order valence-electron chi connectivity index (χ3n) is 4.76. The van der Waals surface area contributed by atoms with E-state index in [1.54, 1.807) is 0 Å². The molecule has 1 aliphatic rings. The summed E-state index contributed by atoms with van der Waals surface area (Å²) < 4.78 is 7.75. The van der Waals surface area contributed by atoms with Gasteiger partial charge in [-0.05, 0) is 32.9 Å². The lowest BCUT2D eigenvalue weighted by Gasteiger charge is -2.38. The molecule has 2 atom stereocenters. The number of nitrogens with zero attached hydrogens (tertiary/aromatic N) is 3. The highest BCUT2D eigenvalue weighted by Gasteiger charge is 2.23. The largest absolute Gasteiger partial charge is 0.379 e. The summed E-state index contributed by atoms with van der Waals surface area (Å²) >= 11 is 0. The Balaban J connectivity index is 1.59. The molecule has 1 aromatic carbocycles. The number of aryl methyl sites for hydroxylation is 1.